The summed E-state index contributed by atoms with van der Waals surface area (Å²) in [7, 11) is 0. The van der Waals surface area contributed by atoms with Gasteiger partial charge in [-0.1, -0.05) is 0 Å². The Morgan fingerprint density at radius 3 is 2.67 bits per heavy atom. The number of halogens is 2. The number of nitrogens with two attached hydrogens (primary N) is 1. The highest BCUT2D eigenvalue weighted by molar-refractivity contribution is 5.85. The van der Waals surface area contributed by atoms with E-state index in [9.17, 15) is 0 Å². The van der Waals surface area contributed by atoms with Gasteiger partial charge in [-0.3, -0.25) is 5.10 Å². The molecule has 12 heavy (non-hydrogen) atoms. The number of nitrogens with zero attached hydrogens (tertiary/aromatic N) is 3. The molecule has 0 aliphatic rings. The van der Waals surface area contributed by atoms with E-state index < -0.39 is 0 Å². The Morgan fingerprint density at radius 1 is 1.25 bits per heavy atom. The van der Waals surface area contributed by atoms with Gasteiger partial charge in [0.1, 0.15) is 12.1 Å². The smallest absolute Gasteiger partial charge is 0.160 e. The van der Waals surface area contributed by atoms with Gasteiger partial charge in [0.05, 0.1) is 11.6 Å². The largest absolute Gasteiger partial charge is 0.383 e. The number of anilines is 1. The van der Waals surface area contributed by atoms with E-state index in [1.54, 1.807) is 6.20 Å². The van der Waals surface area contributed by atoms with Crippen LogP contribution >= 0.6 is 24.8 Å². The Kier molecular flexibility index (Phi) is 3.72. The van der Waals surface area contributed by atoms with Crippen LogP contribution in [0.3, 0.4) is 0 Å². The molecule has 0 saturated carbocycles. The van der Waals surface area contributed by atoms with Gasteiger partial charge in [0.15, 0.2) is 5.65 Å². The summed E-state index contributed by atoms with van der Waals surface area (Å²) in [5.74, 6) is 0.457. The van der Waals surface area contributed by atoms with Crippen molar-refractivity contribution < 1.29 is 0 Å². The van der Waals surface area contributed by atoms with E-state index in [0.717, 1.165) is 5.39 Å². The monoisotopic (exact) mass is 207 g/mol. The van der Waals surface area contributed by atoms with E-state index in [1.165, 1.54) is 6.33 Å². The molecule has 3 N–H and O–H groups in total. The lowest BCUT2D eigenvalue weighted by Gasteiger charge is -1.89. The molecule has 0 atom stereocenters. The lowest BCUT2D eigenvalue weighted by Crippen LogP contribution is -1.90. The summed E-state index contributed by atoms with van der Waals surface area (Å²) in [4.78, 5) is 7.68. The van der Waals surface area contributed by atoms with Crippen LogP contribution in [0.4, 0.5) is 5.82 Å². The van der Waals surface area contributed by atoms with E-state index in [0.29, 0.717) is 11.5 Å². The molecule has 0 fully saturated rings. The molecule has 5 nitrogen and oxygen atoms in total. The third-order valence-corrected chi connectivity index (χ3v) is 1.28. The van der Waals surface area contributed by atoms with Gasteiger partial charge >= 0.3 is 0 Å². The first kappa shape index (κ1) is 10.9. The van der Waals surface area contributed by atoms with Gasteiger partial charge in [0, 0.05) is 0 Å². The van der Waals surface area contributed by atoms with Crippen LogP contribution in [-0.2, 0) is 0 Å². The molecule has 2 heterocycles. The number of fused-ring (bicyclic) bond motifs is 1. The van der Waals surface area contributed by atoms with Gasteiger partial charge in [0.2, 0.25) is 0 Å². The van der Waals surface area contributed by atoms with Crippen molar-refractivity contribution in [1.29, 1.82) is 0 Å². The molecule has 0 saturated heterocycles. The zero-order valence-corrected chi connectivity index (χ0v) is 7.52. The topological polar surface area (TPSA) is 80.5 Å². The fraction of sp³-hybridized carbons (Fsp3) is 0. The van der Waals surface area contributed by atoms with Crippen LogP contribution in [0.2, 0.25) is 0 Å². The second kappa shape index (κ2) is 4.08. The van der Waals surface area contributed by atoms with Crippen molar-refractivity contribution in [2.24, 2.45) is 0 Å². The molecule has 0 bridgehead atoms. The number of hydrogen-bond acceptors (Lipinski definition) is 4. The van der Waals surface area contributed by atoms with E-state index in [1.807, 2.05) is 0 Å². The average molecular weight is 208 g/mol. The zero-order valence-electron chi connectivity index (χ0n) is 5.89. The normalized spacial score (nSPS) is 8.67. The highest BCUT2D eigenvalue weighted by Crippen LogP contribution is 2.11. The van der Waals surface area contributed by atoms with Crippen molar-refractivity contribution in [1.82, 2.24) is 20.2 Å². The van der Waals surface area contributed by atoms with Crippen LogP contribution in [0.25, 0.3) is 11.0 Å². The molecule has 0 spiro atoms. The molecule has 0 aromatic carbocycles. The number of nitrogen functional groups attached to an aromatic ring is 1. The average Bonchev–Trinajstić information content (AvgIpc) is 2.36. The minimum atomic E-state index is 0. The molecule has 2 aromatic rings. The highest BCUT2D eigenvalue weighted by Gasteiger charge is 1.98. The summed E-state index contributed by atoms with van der Waals surface area (Å²) in [6.07, 6.45) is 3.00. The maximum atomic E-state index is 5.49. The zero-order chi connectivity index (χ0) is 6.97. The summed E-state index contributed by atoms with van der Waals surface area (Å²) in [6.45, 7) is 0. The van der Waals surface area contributed by atoms with Crippen molar-refractivity contribution in [3.63, 3.8) is 0 Å². The van der Waals surface area contributed by atoms with Crippen molar-refractivity contribution in [3.05, 3.63) is 12.5 Å². The van der Waals surface area contributed by atoms with Gasteiger partial charge in [-0.05, 0) is 0 Å². The third-order valence-electron chi connectivity index (χ3n) is 1.28. The first-order valence-electron chi connectivity index (χ1n) is 2.77. The first-order chi connectivity index (χ1) is 4.88. The van der Waals surface area contributed by atoms with Crippen molar-refractivity contribution in [2.45, 2.75) is 0 Å². The summed E-state index contributed by atoms with van der Waals surface area (Å²) >= 11 is 0. The molecule has 66 valence electrons. The van der Waals surface area contributed by atoms with Crippen molar-refractivity contribution in [3.8, 4) is 0 Å². The van der Waals surface area contributed by atoms with E-state index in [2.05, 4.69) is 20.2 Å². The van der Waals surface area contributed by atoms with Gasteiger partial charge < -0.3 is 5.73 Å². The maximum Gasteiger partial charge on any atom is 0.160 e. The Hall–Kier alpha value is -1.07. The van der Waals surface area contributed by atoms with Crippen LogP contribution in [0.1, 0.15) is 0 Å². The highest BCUT2D eigenvalue weighted by atomic mass is 35.5. The van der Waals surface area contributed by atoms with Crippen LogP contribution in [0, 0.1) is 0 Å². The van der Waals surface area contributed by atoms with Crippen molar-refractivity contribution >= 4 is 41.7 Å². The van der Waals surface area contributed by atoms with Crippen molar-refractivity contribution in [2.75, 3.05) is 5.73 Å². The predicted octanol–water partition coefficient (Wildman–Crippen LogP) is 0.779. The standard InChI is InChI=1S/C5H5N5.2ClH/c6-4-3-1-9-10-5(3)8-2-7-4;;/h1-2H,(H3,6,7,8,9,10);2*1H. The number of hydrogen-bond donors (Lipinski definition) is 2. The van der Waals surface area contributed by atoms with E-state index in [-0.39, 0.29) is 24.8 Å². The second-order valence-electron chi connectivity index (χ2n) is 1.89. The number of rotatable bonds is 0. The molecule has 7 heteroatoms. The molecule has 0 unspecified atom stereocenters. The molecule has 0 aliphatic heterocycles. The second-order valence-corrected chi connectivity index (χ2v) is 1.89. The van der Waals surface area contributed by atoms with Gasteiger partial charge in [-0.2, -0.15) is 5.10 Å². The summed E-state index contributed by atoms with van der Waals surface area (Å²) in [5, 5.41) is 7.20. The summed E-state index contributed by atoms with van der Waals surface area (Å²) < 4.78 is 0. The lowest BCUT2D eigenvalue weighted by atomic mass is 10.4. The van der Waals surface area contributed by atoms with Crippen LogP contribution in [0.15, 0.2) is 12.5 Å². The third kappa shape index (κ3) is 1.57. The minimum absolute atomic E-state index is 0. The summed E-state index contributed by atoms with van der Waals surface area (Å²) in [6, 6.07) is 0. The van der Waals surface area contributed by atoms with E-state index in [4.69, 9.17) is 5.73 Å². The molecule has 2 aromatic heterocycles. The van der Waals surface area contributed by atoms with Gasteiger partial charge in [-0.25, -0.2) is 9.97 Å². The van der Waals surface area contributed by atoms with Crippen LogP contribution in [0.5, 0.6) is 0 Å². The van der Waals surface area contributed by atoms with E-state index >= 15 is 0 Å². The fourth-order valence-corrected chi connectivity index (χ4v) is 0.784. The Bertz CT molecular complexity index is 359. The Balaban J connectivity index is 0.000000605. The van der Waals surface area contributed by atoms with Gasteiger partial charge in [0.25, 0.3) is 0 Å². The first-order valence-corrected chi connectivity index (χ1v) is 2.77. The number of aromatic nitrogens is 4. The molecular weight excluding hydrogens is 201 g/mol. The quantitative estimate of drug-likeness (QED) is 0.670. The van der Waals surface area contributed by atoms with Crippen LogP contribution < -0.4 is 5.73 Å². The summed E-state index contributed by atoms with van der Waals surface area (Å²) in [5.41, 5.74) is 6.16. The fourth-order valence-electron chi connectivity index (χ4n) is 0.784. The molecular formula is C5H7Cl2N5. The van der Waals surface area contributed by atoms with Crippen LogP contribution in [-0.4, -0.2) is 20.2 Å². The molecule has 2 rings (SSSR count). The number of nitrogens with one attached hydrogen (secondary N) is 1. The molecule has 0 amide bonds. The Labute approximate surface area is 80.6 Å². The Morgan fingerprint density at radius 2 is 2.00 bits per heavy atom. The number of aromatic amines is 1. The predicted molar refractivity (Wildman–Crippen MR) is 50.6 cm³/mol. The SMILES string of the molecule is Cl.Cl.Nc1ncnc2[nH]ncc12. The maximum absolute atomic E-state index is 5.49. The molecule has 0 aliphatic carbocycles. The minimum Gasteiger partial charge on any atom is -0.383 e. The number of H-pyrrole nitrogens is 1. The van der Waals surface area contributed by atoms with Gasteiger partial charge in [-0.15, -0.1) is 24.8 Å². The molecule has 0 radical (unpaired) electrons. The lowest BCUT2D eigenvalue weighted by molar-refractivity contribution is 1.09.